The van der Waals surface area contributed by atoms with Gasteiger partial charge < -0.3 is 20.5 Å². The molecule has 0 spiro atoms. The molecule has 1 aliphatic rings. The lowest BCUT2D eigenvalue weighted by molar-refractivity contribution is -0.385. The number of hydrogen-bond acceptors (Lipinski definition) is 8. The lowest BCUT2D eigenvalue weighted by atomic mass is 9.92. The van der Waals surface area contributed by atoms with Gasteiger partial charge in [0.1, 0.15) is 0 Å². The zero-order valence-corrected chi connectivity index (χ0v) is 17.4. The average Bonchev–Trinajstić information content (AvgIpc) is 2.78. The maximum absolute atomic E-state index is 12.9. The topological polar surface area (TPSA) is 157 Å². The van der Waals surface area contributed by atoms with E-state index in [1.54, 1.807) is 0 Å². The molecule has 0 aromatic heterocycles. The van der Waals surface area contributed by atoms with Gasteiger partial charge in [-0.25, -0.2) is 0 Å². The van der Waals surface area contributed by atoms with Crippen LogP contribution in [0, 0.1) is 20.2 Å². The Labute approximate surface area is 183 Å². The van der Waals surface area contributed by atoms with Gasteiger partial charge in [-0.05, 0) is 43.4 Å². The maximum Gasteiger partial charge on any atom is 0.310 e. The molecule has 0 unspecified atom stereocenters. The van der Waals surface area contributed by atoms with Crippen molar-refractivity contribution in [3.05, 3.63) is 67.8 Å². The molecular weight excluding hydrogens is 420 g/mol. The van der Waals surface area contributed by atoms with Crippen LogP contribution in [0.5, 0.6) is 5.75 Å². The van der Waals surface area contributed by atoms with Crippen molar-refractivity contribution in [1.29, 1.82) is 0 Å². The van der Waals surface area contributed by atoms with E-state index in [9.17, 15) is 30.1 Å². The molecule has 1 aliphatic carbocycles. The number of nitro benzene ring substituents is 2. The van der Waals surface area contributed by atoms with Crippen LogP contribution in [-0.2, 0) is 6.54 Å². The van der Waals surface area contributed by atoms with Crippen molar-refractivity contribution in [2.75, 3.05) is 12.4 Å². The number of methoxy groups -OCH3 is 1. The molecule has 1 amide bonds. The Morgan fingerprint density at radius 2 is 1.81 bits per heavy atom. The fourth-order valence-corrected chi connectivity index (χ4v) is 3.66. The second-order valence-corrected chi connectivity index (χ2v) is 7.58. The second-order valence-electron chi connectivity index (χ2n) is 7.58. The predicted molar refractivity (Wildman–Crippen MR) is 116 cm³/mol. The predicted octanol–water partition coefficient (Wildman–Crippen LogP) is 3.16. The summed E-state index contributed by atoms with van der Waals surface area (Å²) in [5.74, 6) is -0.455. The Bertz CT molecular complexity index is 1020. The molecule has 11 heteroatoms. The van der Waals surface area contributed by atoms with Crippen molar-refractivity contribution in [3.63, 3.8) is 0 Å². The summed E-state index contributed by atoms with van der Waals surface area (Å²) in [4.78, 5) is 34.0. The Kier molecular flexibility index (Phi) is 7.21. The van der Waals surface area contributed by atoms with Crippen LogP contribution in [0.1, 0.15) is 41.6 Å². The van der Waals surface area contributed by atoms with Crippen molar-refractivity contribution >= 4 is 23.0 Å². The van der Waals surface area contributed by atoms with E-state index in [1.165, 1.54) is 43.5 Å². The van der Waals surface area contributed by atoms with Crippen molar-refractivity contribution in [1.82, 2.24) is 5.32 Å². The highest BCUT2D eigenvalue weighted by atomic mass is 16.6. The third kappa shape index (κ3) is 5.49. The SMILES string of the molecule is COc1cc(CNC(=O)c2cc([N+](=O)[O-])ccc2NC2CCC(O)CC2)ccc1[N+](=O)[O-]. The number of aliphatic hydroxyl groups excluding tert-OH is 1. The molecule has 0 atom stereocenters. The van der Waals surface area contributed by atoms with E-state index in [-0.39, 0.29) is 41.4 Å². The summed E-state index contributed by atoms with van der Waals surface area (Å²) in [6.45, 7) is 0.0466. The summed E-state index contributed by atoms with van der Waals surface area (Å²) in [7, 11) is 1.32. The summed E-state index contributed by atoms with van der Waals surface area (Å²) in [6, 6.07) is 8.35. The van der Waals surface area contributed by atoms with Crippen LogP contribution in [0.3, 0.4) is 0 Å². The summed E-state index contributed by atoms with van der Waals surface area (Å²) in [6.07, 6.45) is 2.41. The van der Waals surface area contributed by atoms with Gasteiger partial charge in [-0.2, -0.15) is 0 Å². The molecule has 0 radical (unpaired) electrons. The zero-order chi connectivity index (χ0) is 23.3. The third-order valence-electron chi connectivity index (χ3n) is 5.41. The highest BCUT2D eigenvalue weighted by molar-refractivity contribution is 6.00. The molecule has 1 fully saturated rings. The number of nitrogens with zero attached hydrogens (tertiary/aromatic N) is 2. The number of nitro groups is 2. The second kappa shape index (κ2) is 10.1. The minimum Gasteiger partial charge on any atom is -0.490 e. The van der Waals surface area contributed by atoms with Crippen LogP contribution in [0.15, 0.2) is 36.4 Å². The molecule has 170 valence electrons. The highest BCUT2D eigenvalue weighted by Crippen LogP contribution is 2.29. The average molecular weight is 444 g/mol. The molecule has 0 bridgehead atoms. The van der Waals surface area contributed by atoms with Crippen LogP contribution in [0.25, 0.3) is 0 Å². The number of carbonyl (C=O) groups excluding carboxylic acids is 1. The van der Waals surface area contributed by atoms with Gasteiger partial charge in [0.2, 0.25) is 0 Å². The molecule has 1 saturated carbocycles. The van der Waals surface area contributed by atoms with Gasteiger partial charge >= 0.3 is 5.69 Å². The maximum atomic E-state index is 12.9. The molecule has 32 heavy (non-hydrogen) atoms. The van der Waals surface area contributed by atoms with Gasteiger partial charge in [0.05, 0.1) is 28.6 Å². The summed E-state index contributed by atoms with van der Waals surface area (Å²) >= 11 is 0. The molecule has 0 heterocycles. The molecule has 0 saturated heterocycles. The van der Waals surface area contributed by atoms with E-state index < -0.39 is 15.8 Å². The number of carbonyl (C=O) groups is 1. The van der Waals surface area contributed by atoms with Gasteiger partial charge in [0.15, 0.2) is 5.75 Å². The number of rotatable bonds is 8. The van der Waals surface area contributed by atoms with Gasteiger partial charge in [-0.15, -0.1) is 0 Å². The molecule has 2 aromatic carbocycles. The zero-order valence-electron chi connectivity index (χ0n) is 17.4. The molecule has 11 nitrogen and oxygen atoms in total. The number of anilines is 1. The van der Waals surface area contributed by atoms with E-state index in [0.29, 0.717) is 24.1 Å². The number of non-ortho nitro benzene ring substituents is 1. The summed E-state index contributed by atoms with van der Waals surface area (Å²) < 4.78 is 5.03. The van der Waals surface area contributed by atoms with Crippen molar-refractivity contribution in [2.24, 2.45) is 0 Å². The Hall–Kier alpha value is -3.73. The minimum atomic E-state index is -0.571. The molecule has 2 aromatic rings. The van der Waals surface area contributed by atoms with Crippen molar-refractivity contribution in [2.45, 2.75) is 44.4 Å². The third-order valence-corrected chi connectivity index (χ3v) is 5.41. The number of benzene rings is 2. The number of ether oxygens (including phenoxy) is 1. The normalized spacial score (nSPS) is 17.9. The van der Waals surface area contributed by atoms with Gasteiger partial charge in [-0.3, -0.25) is 25.0 Å². The van der Waals surface area contributed by atoms with E-state index in [4.69, 9.17) is 4.74 Å². The Morgan fingerprint density at radius 1 is 1.09 bits per heavy atom. The van der Waals surface area contributed by atoms with Crippen LogP contribution in [-0.4, -0.2) is 40.1 Å². The number of amides is 1. The standard InChI is InChI=1S/C21H24N4O7/c1-32-20-10-13(2-9-19(20)25(30)31)12-22-21(27)17-11-15(24(28)29)5-8-18(17)23-14-3-6-16(26)7-4-14/h2,5,8-11,14,16,23,26H,3-4,6-7,12H2,1H3,(H,22,27). The Morgan fingerprint density at radius 3 is 2.44 bits per heavy atom. The molecular formula is C21H24N4O7. The molecule has 3 N–H and O–H groups in total. The molecule has 3 rings (SSSR count). The smallest absolute Gasteiger partial charge is 0.310 e. The number of aliphatic hydroxyl groups is 1. The largest absolute Gasteiger partial charge is 0.490 e. The molecule has 0 aliphatic heterocycles. The first-order valence-corrected chi connectivity index (χ1v) is 10.1. The van der Waals surface area contributed by atoms with Crippen LogP contribution in [0.4, 0.5) is 17.1 Å². The van der Waals surface area contributed by atoms with Gasteiger partial charge in [0.25, 0.3) is 11.6 Å². The van der Waals surface area contributed by atoms with E-state index in [0.717, 1.165) is 12.8 Å². The lowest BCUT2D eigenvalue weighted by Gasteiger charge is -2.27. The fourth-order valence-electron chi connectivity index (χ4n) is 3.66. The Balaban J connectivity index is 1.77. The first kappa shape index (κ1) is 22.9. The van der Waals surface area contributed by atoms with E-state index in [1.807, 2.05) is 0 Å². The highest BCUT2D eigenvalue weighted by Gasteiger charge is 2.23. The quantitative estimate of drug-likeness (QED) is 0.414. The van der Waals surface area contributed by atoms with Crippen LogP contribution in [0.2, 0.25) is 0 Å². The lowest BCUT2D eigenvalue weighted by Crippen LogP contribution is -2.30. The summed E-state index contributed by atoms with van der Waals surface area (Å²) in [5.41, 5.74) is 0.763. The monoisotopic (exact) mass is 444 g/mol. The number of hydrogen-bond donors (Lipinski definition) is 3. The van der Waals surface area contributed by atoms with Crippen LogP contribution >= 0.6 is 0 Å². The van der Waals surface area contributed by atoms with Gasteiger partial charge in [0, 0.05) is 36.5 Å². The van der Waals surface area contributed by atoms with Crippen molar-refractivity contribution < 1.29 is 24.5 Å². The van der Waals surface area contributed by atoms with Crippen LogP contribution < -0.4 is 15.4 Å². The van der Waals surface area contributed by atoms with Gasteiger partial charge in [-0.1, -0.05) is 6.07 Å². The van der Waals surface area contributed by atoms with E-state index in [2.05, 4.69) is 10.6 Å². The first-order valence-electron chi connectivity index (χ1n) is 10.1. The first-order chi connectivity index (χ1) is 15.3. The minimum absolute atomic E-state index is 0.0466. The fraction of sp³-hybridized carbons (Fsp3) is 0.381. The summed E-state index contributed by atoms with van der Waals surface area (Å²) in [5, 5.41) is 37.9. The van der Waals surface area contributed by atoms with Crippen molar-refractivity contribution in [3.8, 4) is 5.75 Å². The van der Waals surface area contributed by atoms with E-state index >= 15 is 0 Å². The number of nitrogens with one attached hydrogen (secondary N) is 2.